The van der Waals surface area contributed by atoms with Crippen LogP contribution in [0.25, 0.3) is 0 Å². The van der Waals surface area contributed by atoms with E-state index in [4.69, 9.17) is 0 Å². The Bertz CT molecular complexity index is 483. The number of hydrogen-bond donors (Lipinski definition) is 1. The summed E-state index contributed by atoms with van der Waals surface area (Å²) < 4.78 is 0. The van der Waals surface area contributed by atoms with Crippen LogP contribution in [0.15, 0.2) is 36.4 Å². The van der Waals surface area contributed by atoms with E-state index in [9.17, 15) is 9.90 Å². The molecule has 0 saturated heterocycles. The molecule has 4 heteroatoms. The third-order valence-corrected chi connectivity index (χ3v) is 3.64. The van der Waals surface area contributed by atoms with Gasteiger partial charge in [0.05, 0.1) is 6.61 Å². The van der Waals surface area contributed by atoms with Gasteiger partial charge in [-0.3, -0.25) is 4.89 Å². The van der Waals surface area contributed by atoms with Crippen LogP contribution in [0, 0.1) is 0 Å². The summed E-state index contributed by atoms with van der Waals surface area (Å²) in [6.45, 7) is 9.25. The molecule has 0 bridgehead atoms. The number of unbranched alkanes of at least 4 members (excludes halogenated alkanes) is 6. The van der Waals surface area contributed by atoms with Crippen molar-refractivity contribution >= 4 is 5.97 Å². The van der Waals surface area contributed by atoms with Crippen LogP contribution >= 0.6 is 0 Å². The molecule has 4 nitrogen and oxygen atoms in total. The van der Waals surface area contributed by atoms with Gasteiger partial charge in [0, 0.05) is 5.57 Å². The van der Waals surface area contributed by atoms with Gasteiger partial charge in [-0.1, -0.05) is 70.2 Å². The minimum Gasteiger partial charge on any atom is -0.508 e. The quantitative estimate of drug-likeness (QED) is 0.239. The number of aryl methyl sites for hydroxylation is 1. The lowest BCUT2D eigenvalue weighted by Crippen LogP contribution is -2.05. The van der Waals surface area contributed by atoms with Crippen molar-refractivity contribution in [3.8, 4) is 5.75 Å². The van der Waals surface area contributed by atoms with E-state index < -0.39 is 5.97 Å². The van der Waals surface area contributed by atoms with E-state index in [0.29, 0.717) is 17.9 Å². The van der Waals surface area contributed by atoms with E-state index in [-0.39, 0.29) is 0 Å². The molecular weight excluding hydrogens is 316 g/mol. The van der Waals surface area contributed by atoms with E-state index in [1.165, 1.54) is 44.9 Å². The van der Waals surface area contributed by atoms with Gasteiger partial charge in [0.25, 0.3) is 0 Å². The predicted octanol–water partition coefficient (Wildman–Crippen LogP) is 5.74. The Labute approximate surface area is 152 Å². The Balaban J connectivity index is 0.000000547. The number of phenolic OH excluding ortho intramolecular Hbond substituents is 1. The van der Waals surface area contributed by atoms with E-state index in [0.717, 1.165) is 12.0 Å². The number of carbonyl (C=O) groups is 1. The van der Waals surface area contributed by atoms with Crippen LogP contribution in [0.4, 0.5) is 0 Å². The number of benzene rings is 1. The average molecular weight is 350 g/mol. The van der Waals surface area contributed by atoms with Gasteiger partial charge in [-0.15, -0.1) is 0 Å². The molecule has 0 spiro atoms. The lowest BCUT2D eigenvalue weighted by atomic mass is 10.0. The number of para-hydroxylation sites is 1. The Morgan fingerprint density at radius 3 is 2.20 bits per heavy atom. The van der Waals surface area contributed by atoms with Gasteiger partial charge in [-0.25, -0.2) is 4.79 Å². The fraction of sp³-hybridized carbons (Fsp3) is 0.571. The lowest BCUT2D eigenvalue weighted by molar-refractivity contribution is -0.265. The molecule has 0 saturated carbocycles. The van der Waals surface area contributed by atoms with Gasteiger partial charge in [-0.05, 0) is 38.3 Å². The van der Waals surface area contributed by atoms with Gasteiger partial charge in [-0.2, -0.15) is 4.89 Å². The van der Waals surface area contributed by atoms with Crippen LogP contribution in [0.1, 0.15) is 71.3 Å². The monoisotopic (exact) mass is 350 g/mol. The minimum atomic E-state index is -0.517. The highest BCUT2D eigenvalue weighted by Gasteiger charge is 2.01. The van der Waals surface area contributed by atoms with Crippen LogP contribution in [-0.2, 0) is 21.0 Å². The minimum absolute atomic E-state index is 0.337. The summed E-state index contributed by atoms with van der Waals surface area (Å²) in [5, 5.41) is 9.58. The average Bonchev–Trinajstić information content (AvgIpc) is 2.60. The van der Waals surface area contributed by atoms with Crippen molar-refractivity contribution in [3.05, 3.63) is 42.0 Å². The zero-order valence-electron chi connectivity index (χ0n) is 16.1. The van der Waals surface area contributed by atoms with Crippen molar-refractivity contribution in [2.45, 2.75) is 72.1 Å². The Morgan fingerprint density at radius 1 is 1.04 bits per heavy atom. The van der Waals surface area contributed by atoms with Crippen LogP contribution < -0.4 is 0 Å². The highest BCUT2D eigenvalue weighted by atomic mass is 17.2. The summed E-state index contributed by atoms with van der Waals surface area (Å²) in [5.74, 6) is -0.0645. The van der Waals surface area contributed by atoms with Crippen molar-refractivity contribution in [1.29, 1.82) is 0 Å². The van der Waals surface area contributed by atoms with Crippen LogP contribution in [0.2, 0.25) is 0 Å². The molecule has 25 heavy (non-hydrogen) atoms. The molecule has 0 radical (unpaired) electrons. The fourth-order valence-corrected chi connectivity index (χ4v) is 2.18. The number of carbonyl (C=O) groups excluding carboxylic acids is 1. The number of hydrogen-bond acceptors (Lipinski definition) is 4. The van der Waals surface area contributed by atoms with Crippen molar-refractivity contribution in [2.75, 3.05) is 6.61 Å². The predicted molar refractivity (Wildman–Crippen MR) is 102 cm³/mol. The summed E-state index contributed by atoms with van der Waals surface area (Å²) in [6, 6.07) is 7.67. The second kappa shape index (κ2) is 15.7. The Morgan fingerprint density at radius 2 is 1.64 bits per heavy atom. The molecule has 0 aromatic heterocycles. The maximum absolute atomic E-state index is 10.5. The zero-order valence-corrected chi connectivity index (χ0v) is 16.1. The molecule has 0 unspecified atom stereocenters. The topological polar surface area (TPSA) is 55.8 Å². The van der Waals surface area contributed by atoms with E-state index in [1.807, 2.05) is 18.2 Å². The van der Waals surface area contributed by atoms with Gasteiger partial charge in [0.1, 0.15) is 5.75 Å². The largest absolute Gasteiger partial charge is 0.508 e. The first kappa shape index (κ1) is 23.2. The normalized spacial score (nSPS) is 9.88. The van der Waals surface area contributed by atoms with Crippen molar-refractivity contribution < 1.29 is 19.7 Å². The molecule has 0 heterocycles. The first-order valence-electron chi connectivity index (χ1n) is 9.29. The molecule has 1 N–H and O–H groups in total. The second-order valence-corrected chi connectivity index (χ2v) is 6.06. The van der Waals surface area contributed by atoms with Gasteiger partial charge in [0.2, 0.25) is 0 Å². The maximum atomic E-state index is 10.5. The molecule has 0 aliphatic rings. The number of phenols is 1. The Kier molecular flexibility index (Phi) is 14.6. The summed E-state index contributed by atoms with van der Waals surface area (Å²) in [7, 11) is 0. The molecule has 0 aliphatic carbocycles. The molecule has 1 aromatic rings. The zero-order chi connectivity index (χ0) is 18.9. The summed E-state index contributed by atoms with van der Waals surface area (Å²) in [6.07, 6.45) is 10.3. The van der Waals surface area contributed by atoms with Crippen LogP contribution in [-0.4, -0.2) is 17.7 Å². The van der Waals surface area contributed by atoms with Crippen LogP contribution in [0.3, 0.4) is 0 Å². The summed E-state index contributed by atoms with van der Waals surface area (Å²) in [5.41, 5.74) is 1.43. The number of rotatable bonds is 11. The molecule has 142 valence electrons. The number of aromatic hydroxyl groups is 1. The molecule has 0 amide bonds. The molecule has 1 rings (SSSR count). The lowest BCUT2D eigenvalue weighted by Gasteiger charge is -2.04. The van der Waals surface area contributed by atoms with Crippen LogP contribution in [0.5, 0.6) is 5.75 Å². The molecule has 0 atom stereocenters. The third kappa shape index (κ3) is 13.2. The third-order valence-electron chi connectivity index (χ3n) is 3.64. The first-order valence-corrected chi connectivity index (χ1v) is 9.29. The van der Waals surface area contributed by atoms with E-state index in [2.05, 4.69) is 23.3 Å². The Hall–Kier alpha value is -1.81. The molecule has 0 fully saturated rings. The highest BCUT2D eigenvalue weighted by Crippen LogP contribution is 2.18. The standard InChI is InChI=1S/C15H24O.C6H10O3/c1-2-3-4-5-6-7-8-11-14-12-9-10-13-15(14)16;1-4-8-9-6(7)5(2)3/h9-10,12-13,16H,2-8,11H2,1H3;2,4H2,1,3H3. The van der Waals surface area contributed by atoms with E-state index in [1.54, 1.807) is 19.9 Å². The van der Waals surface area contributed by atoms with Crippen molar-refractivity contribution in [1.82, 2.24) is 0 Å². The van der Waals surface area contributed by atoms with Gasteiger partial charge in [0.15, 0.2) is 0 Å². The fourth-order valence-electron chi connectivity index (χ4n) is 2.18. The molecular formula is C21H34O4. The van der Waals surface area contributed by atoms with Crippen molar-refractivity contribution in [3.63, 3.8) is 0 Å². The highest BCUT2D eigenvalue weighted by molar-refractivity contribution is 5.86. The van der Waals surface area contributed by atoms with E-state index >= 15 is 0 Å². The SMILES string of the molecule is C=C(C)C(=O)OOCC.CCCCCCCCCc1ccccc1O. The smallest absolute Gasteiger partial charge is 0.368 e. The summed E-state index contributed by atoms with van der Waals surface area (Å²) >= 11 is 0. The first-order chi connectivity index (χ1) is 12.0. The molecule has 0 aliphatic heterocycles. The summed E-state index contributed by atoms with van der Waals surface area (Å²) in [4.78, 5) is 19.0. The molecule has 1 aromatic carbocycles. The van der Waals surface area contributed by atoms with Gasteiger partial charge < -0.3 is 5.11 Å². The maximum Gasteiger partial charge on any atom is 0.368 e. The van der Waals surface area contributed by atoms with Crippen molar-refractivity contribution in [2.24, 2.45) is 0 Å². The van der Waals surface area contributed by atoms with Gasteiger partial charge >= 0.3 is 5.97 Å². The second-order valence-electron chi connectivity index (χ2n) is 6.06.